The lowest BCUT2D eigenvalue weighted by atomic mass is 10.3. The van der Waals surface area contributed by atoms with E-state index in [1.54, 1.807) is 18.3 Å². The van der Waals surface area contributed by atoms with Crippen molar-refractivity contribution in [2.75, 3.05) is 13.6 Å². The molecule has 0 aliphatic carbocycles. The third-order valence-corrected chi connectivity index (χ3v) is 1.73. The zero-order valence-electron chi connectivity index (χ0n) is 7.00. The van der Waals surface area contributed by atoms with Crippen molar-refractivity contribution in [2.45, 2.75) is 26.2 Å². The number of alkyl halides is 1. The van der Waals surface area contributed by atoms with E-state index in [1.165, 1.54) is 5.01 Å². The molecule has 0 aromatic heterocycles. The lowest BCUT2D eigenvalue weighted by Gasteiger charge is -2.20. The van der Waals surface area contributed by atoms with Crippen LogP contribution in [0.2, 0.25) is 0 Å². The molecular formula is C7H14FN3. The molecule has 1 aliphatic rings. The molecule has 0 aromatic rings. The molecule has 0 N–H and O–H groups in total. The third-order valence-electron chi connectivity index (χ3n) is 1.73. The zero-order valence-corrected chi connectivity index (χ0v) is 7.00. The summed E-state index contributed by atoms with van der Waals surface area (Å²) in [5.41, 5.74) is 0. The Bertz CT molecular complexity index is 149. The molecule has 3 nitrogen and oxygen atoms in total. The fourth-order valence-corrected chi connectivity index (χ4v) is 0.977. The Balaban J connectivity index is 2.31. The van der Waals surface area contributed by atoms with Gasteiger partial charge in [0, 0.05) is 13.6 Å². The van der Waals surface area contributed by atoms with Gasteiger partial charge in [-0.3, -0.25) is 0 Å². The Kier molecular flexibility index (Phi) is 2.68. The molecule has 0 aromatic carbocycles. The van der Waals surface area contributed by atoms with Crippen LogP contribution in [0.15, 0.2) is 5.10 Å². The molecule has 0 saturated heterocycles. The summed E-state index contributed by atoms with van der Waals surface area (Å²) >= 11 is 0. The van der Waals surface area contributed by atoms with Crippen molar-refractivity contribution >= 4 is 6.34 Å². The van der Waals surface area contributed by atoms with E-state index in [9.17, 15) is 4.39 Å². The fraction of sp³-hybridized carbons (Fsp3) is 0.857. The van der Waals surface area contributed by atoms with Crippen LogP contribution in [0.1, 0.15) is 19.8 Å². The normalized spacial score (nSPS) is 23.4. The molecular weight excluding hydrogens is 145 g/mol. The van der Waals surface area contributed by atoms with Crippen molar-refractivity contribution in [3.05, 3.63) is 0 Å². The van der Waals surface area contributed by atoms with E-state index in [4.69, 9.17) is 0 Å². The molecule has 0 bridgehead atoms. The Morgan fingerprint density at radius 1 is 1.64 bits per heavy atom. The van der Waals surface area contributed by atoms with Crippen molar-refractivity contribution in [1.29, 1.82) is 0 Å². The summed E-state index contributed by atoms with van der Waals surface area (Å²) in [6, 6.07) is 0. The second-order valence-electron chi connectivity index (χ2n) is 2.71. The lowest BCUT2D eigenvalue weighted by Crippen LogP contribution is -2.34. The predicted molar refractivity (Wildman–Crippen MR) is 42.8 cm³/mol. The number of nitrogens with zero attached hydrogens (tertiary/aromatic N) is 3. The summed E-state index contributed by atoms with van der Waals surface area (Å²) in [7, 11) is 1.63. The highest BCUT2D eigenvalue weighted by molar-refractivity contribution is 5.56. The summed E-state index contributed by atoms with van der Waals surface area (Å²) in [4.78, 5) is 1.60. The van der Waals surface area contributed by atoms with Crippen molar-refractivity contribution in [2.24, 2.45) is 5.10 Å². The molecule has 11 heavy (non-hydrogen) atoms. The number of hydrazone groups is 1. The van der Waals surface area contributed by atoms with Gasteiger partial charge >= 0.3 is 0 Å². The van der Waals surface area contributed by atoms with Gasteiger partial charge in [0.2, 0.25) is 0 Å². The first-order valence-corrected chi connectivity index (χ1v) is 3.92. The van der Waals surface area contributed by atoms with Crippen LogP contribution >= 0.6 is 0 Å². The molecule has 4 heteroatoms. The topological polar surface area (TPSA) is 18.8 Å². The number of unbranched alkanes of at least 4 members (excludes halogenated alkanes) is 1. The van der Waals surface area contributed by atoms with Gasteiger partial charge in [-0.25, -0.2) is 5.01 Å². The quantitative estimate of drug-likeness (QED) is 0.577. The predicted octanol–water partition coefficient (Wildman–Crippen LogP) is 1.23. The van der Waals surface area contributed by atoms with Gasteiger partial charge in [0.15, 0.2) is 0 Å². The average Bonchev–Trinajstić information content (AvgIpc) is 2.31. The molecule has 1 atom stereocenters. The van der Waals surface area contributed by atoms with E-state index in [-0.39, 0.29) is 0 Å². The summed E-state index contributed by atoms with van der Waals surface area (Å²) in [6.45, 7) is 2.84. The molecule has 1 unspecified atom stereocenters. The fourth-order valence-electron chi connectivity index (χ4n) is 0.977. The molecule has 0 amide bonds. The molecule has 0 spiro atoms. The van der Waals surface area contributed by atoms with E-state index in [0.29, 0.717) is 0 Å². The maximum absolute atomic E-state index is 13.0. The number of hydrogen-bond acceptors (Lipinski definition) is 3. The van der Waals surface area contributed by atoms with E-state index in [2.05, 4.69) is 12.0 Å². The molecule has 64 valence electrons. The van der Waals surface area contributed by atoms with Crippen LogP contribution in [-0.4, -0.2) is 36.3 Å². The summed E-state index contributed by atoms with van der Waals surface area (Å²) in [6.07, 6.45) is 2.60. The van der Waals surface area contributed by atoms with Gasteiger partial charge in [-0.15, -0.1) is 0 Å². The van der Waals surface area contributed by atoms with Crippen LogP contribution in [0.4, 0.5) is 4.39 Å². The SMILES string of the molecule is CCCCN1C=NN(C)C1F. The largest absolute Gasteiger partial charge is 0.313 e. The minimum atomic E-state index is -1.05. The Hall–Kier alpha value is -0.800. The molecule has 1 aliphatic heterocycles. The summed E-state index contributed by atoms with van der Waals surface area (Å²) in [5, 5.41) is 5.13. The highest BCUT2D eigenvalue weighted by Gasteiger charge is 2.22. The molecule has 0 saturated carbocycles. The van der Waals surface area contributed by atoms with Gasteiger partial charge in [0.1, 0.15) is 6.34 Å². The van der Waals surface area contributed by atoms with Crippen molar-refractivity contribution in [3.63, 3.8) is 0 Å². The highest BCUT2D eigenvalue weighted by Crippen LogP contribution is 2.11. The van der Waals surface area contributed by atoms with Gasteiger partial charge in [-0.05, 0) is 6.42 Å². The first kappa shape index (κ1) is 8.30. The maximum Gasteiger partial charge on any atom is 0.264 e. The molecule has 0 radical (unpaired) electrons. The summed E-state index contributed by atoms with van der Waals surface area (Å²) < 4.78 is 13.0. The number of halogens is 1. The Labute approximate surface area is 66.5 Å². The van der Waals surface area contributed by atoms with Crippen LogP contribution < -0.4 is 0 Å². The number of rotatable bonds is 3. The first-order valence-electron chi connectivity index (χ1n) is 3.92. The first-order chi connectivity index (χ1) is 5.25. The van der Waals surface area contributed by atoms with Gasteiger partial charge in [0.25, 0.3) is 6.42 Å². The second-order valence-corrected chi connectivity index (χ2v) is 2.71. The van der Waals surface area contributed by atoms with Crippen LogP contribution in [0, 0.1) is 0 Å². The molecule has 1 rings (SSSR count). The highest BCUT2D eigenvalue weighted by atomic mass is 19.1. The van der Waals surface area contributed by atoms with Crippen molar-refractivity contribution in [1.82, 2.24) is 9.91 Å². The van der Waals surface area contributed by atoms with E-state index in [1.807, 2.05) is 0 Å². The minimum Gasteiger partial charge on any atom is -0.313 e. The summed E-state index contributed by atoms with van der Waals surface area (Å²) in [5.74, 6) is 0. The smallest absolute Gasteiger partial charge is 0.264 e. The molecule has 0 fully saturated rings. The van der Waals surface area contributed by atoms with E-state index >= 15 is 0 Å². The van der Waals surface area contributed by atoms with Crippen LogP contribution in [0.25, 0.3) is 0 Å². The van der Waals surface area contributed by atoms with Crippen LogP contribution in [0.3, 0.4) is 0 Å². The van der Waals surface area contributed by atoms with Crippen molar-refractivity contribution < 1.29 is 4.39 Å². The van der Waals surface area contributed by atoms with Gasteiger partial charge in [-0.2, -0.15) is 9.49 Å². The zero-order chi connectivity index (χ0) is 8.27. The van der Waals surface area contributed by atoms with Crippen molar-refractivity contribution in [3.8, 4) is 0 Å². The second kappa shape index (κ2) is 3.55. The van der Waals surface area contributed by atoms with E-state index in [0.717, 1.165) is 19.4 Å². The average molecular weight is 159 g/mol. The monoisotopic (exact) mass is 159 g/mol. The Morgan fingerprint density at radius 2 is 2.36 bits per heavy atom. The standard InChI is InChI=1S/C7H14FN3/c1-3-4-5-11-6-9-10(2)7(11)8/h6-7H,3-5H2,1-2H3. The maximum atomic E-state index is 13.0. The third kappa shape index (κ3) is 1.82. The molecule has 1 heterocycles. The van der Waals surface area contributed by atoms with Crippen LogP contribution in [0.5, 0.6) is 0 Å². The Morgan fingerprint density at radius 3 is 2.82 bits per heavy atom. The minimum absolute atomic E-state index is 0.755. The number of hydrogen-bond donors (Lipinski definition) is 0. The van der Waals surface area contributed by atoms with Gasteiger partial charge in [0.05, 0.1) is 0 Å². The van der Waals surface area contributed by atoms with Crippen LogP contribution in [-0.2, 0) is 0 Å². The van der Waals surface area contributed by atoms with E-state index < -0.39 is 6.42 Å². The van der Waals surface area contributed by atoms with Gasteiger partial charge in [-0.1, -0.05) is 13.3 Å². The van der Waals surface area contributed by atoms with Gasteiger partial charge < -0.3 is 4.90 Å². The lowest BCUT2D eigenvalue weighted by molar-refractivity contribution is 0.0338.